The Morgan fingerprint density at radius 3 is 2.58 bits per heavy atom. The van der Waals surface area contributed by atoms with Crippen LogP contribution in [0.5, 0.6) is 5.75 Å². The molecular weight excluding hydrogens is 238 g/mol. The topological polar surface area (TPSA) is 44.5 Å². The minimum absolute atomic E-state index is 0.115. The summed E-state index contributed by atoms with van der Waals surface area (Å²) in [4.78, 5) is 0. The van der Waals surface area contributed by atoms with E-state index in [1.807, 2.05) is 24.3 Å². The highest BCUT2D eigenvalue weighted by molar-refractivity contribution is 5.35. The molecule has 1 aliphatic carbocycles. The van der Waals surface area contributed by atoms with Crippen LogP contribution >= 0.6 is 0 Å². The van der Waals surface area contributed by atoms with E-state index in [1.54, 1.807) is 7.11 Å². The van der Waals surface area contributed by atoms with Crippen LogP contribution in [0.1, 0.15) is 44.2 Å². The van der Waals surface area contributed by atoms with E-state index >= 15 is 0 Å². The van der Waals surface area contributed by atoms with Gasteiger partial charge in [-0.3, -0.25) is 0 Å². The van der Waals surface area contributed by atoms with Gasteiger partial charge >= 0.3 is 0 Å². The Bertz CT molecular complexity index is 386. The van der Waals surface area contributed by atoms with Crippen LogP contribution in [-0.2, 0) is 4.74 Å². The van der Waals surface area contributed by atoms with E-state index in [-0.39, 0.29) is 6.04 Å². The van der Waals surface area contributed by atoms with Gasteiger partial charge in [-0.15, -0.1) is 0 Å². The summed E-state index contributed by atoms with van der Waals surface area (Å²) in [7, 11) is 1.68. The van der Waals surface area contributed by atoms with Gasteiger partial charge in [0.2, 0.25) is 0 Å². The molecule has 0 aromatic heterocycles. The Labute approximate surface area is 116 Å². The molecule has 0 amide bonds. The van der Waals surface area contributed by atoms with E-state index in [1.165, 1.54) is 25.7 Å². The maximum atomic E-state index is 6.21. The monoisotopic (exact) mass is 263 g/mol. The highest BCUT2D eigenvalue weighted by atomic mass is 16.5. The van der Waals surface area contributed by atoms with Gasteiger partial charge in [-0.2, -0.15) is 0 Å². The first kappa shape index (κ1) is 14.4. The molecule has 1 aromatic rings. The molecule has 1 atom stereocenters. The van der Waals surface area contributed by atoms with Gasteiger partial charge in [0.1, 0.15) is 5.75 Å². The summed E-state index contributed by atoms with van der Waals surface area (Å²) in [6.07, 6.45) is 5.26. The van der Waals surface area contributed by atoms with Crippen LogP contribution in [0, 0.1) is 5.92 Å². The lowest BCUT2D eigenvalue weighted by atomic mass is 9.89. The van der Waals surface area contributed by atoms with E-state index in [0.29, 0.717) is 12.7 Å². The Morgan fingerprint density at radius 1 is 1.21 bits per heavy atom. The molecule has 0 spiro atoms. The molecule has 3 heteroatoms. The quantitative estimate of drug-likeness (QED) is 0.886. The van der Waals surface area contributed by atoms with Crippen LogP contribution in [0.3, 0.4) is 0 Å². The molecule has 2 rings (SSSR count). The SMILES string of the molecule is COc1ccccc1C(N)COC1CCC(C)CC1. The average Bonchev–Trinajstić information content (AvgIpc) is 2.46. The Balaban J connectivity index is 1.85. The van der Waals surface area contributed by atoms with E-state index in [2.05, 4.69) is 6.92 Å². The predicted molar refractivity (Wildman–Crippen MR) is 77.3 cm³/mol. The zero-order valence-electron chi connectivity index (χ0n) is 12.0. The largest absolute Gasteiger partial charge is 0.496 e. The Kier molecular flexibility index (Phi) is 5.23. The number of methoxy groups -OCH3 is 1. The summed E-state index contributed by atoms with van der Waals surface area (Å²) in [6, 6.07) is 7.78. The normalized spacial score (nSPS) is 25.0. The molecule has 3 nitrogen and oxygen atoms in total. The van der Waals surface area contributed by atoms with Crippen molar-refractivity contribution in [2.24, 2.45) is 11.7 Å². The first-order chi connectivity index (χ1) is 9.20. The second-order valence-electron chi connectivity index (χ2n) is 5.56. The molecule has 1 unspecified atom stereocenters. The van der Waals surface area contributed by atoms with Gasteiger partial charge in [0.15, 0.2) is 0 Å². The second-order valence-corrected chi connectivity index (χ2v) is 5.56. The summed E-state index contributed by atoms with van der Waals surface area (Å²) in [6.45, 7) is 2.89. The number of para-hydroxylation sites is 1. The molecule has 0 bridgehead atoms. The molecule has 1 saturated carbocycles. The van der Waals surface area contributed by atoms with Crippen LogP contribution < -0.4 is 10.5 Å². The third kappa shape index (κ3) is 3.95. The maximum Gasteiger partial charge on any atom is 0.123 e. The molecule has 1 fully saturated rings. The molecule has 0 saturated heterocycles. The minimum atomic E-state index is -0.115. The highest BCUT2D eigenvalue weighted by Crippen LogP contribution is 2.28. The van der Waals surface area contributed by atoms with E-state index in [0.717, 1.165) is 17.2 Å². The van der Waals surface area contributed by atoms with Crippen molar-refractivity contribution < 1.29 is 9.47 Å². The summed E-state index contributed by atoms with van der Waals surface area (Å²) in [5.74, 6) is 1.69. The third-order valence-corrected chi connectivity index (χ3v) is 4.01. The van der Waals surface area contributed by atoms with Gasteiger partial charge in [-0.25, -0.2) is 0 Å². The Hall–Kier alpha value is -1.06. The second kappa shape index (κ2) is 6.92. The Morgan fingerprint density at radius 2 is 1.89 bits per heavy atom. The average molecular weight is 263 g/mol. The zero-order valence-corrected chi connectivity index (χ0v) is 12.0. The van der Waals surface area contributed by atoms with E-state index < -0.39 is 0 Å². The lowest BCUT2D eigenvalue weighted by Gasteiger charge is -2.27. The molecule has 106 valence electrons. The lowest BCUT2D eigenvalue weighted by Crippen LogP contribution is -2.25. The van der Waals surface area contributed by atoms with Crippen molar-refractivity contribution in [2.75, 3.05) is 13.7 Å². The van der Waals surface area contributed by atoms with Crippen LogP contribution in [-0.4, -0.2) is 19.8 Å². The van der Waals surface area contributed by atoms with Gasteiger partial charge in [0.05, 0.1) is 25.9 Å². The van der Waals surface area contributed by atoms with Crippen molar-refractivity contribution in [1.82, 2.24) is 0 Å². The molecule has 19 heavy (non-hydrogen) atoms. The molecule has 0 radical (unpaired) electrons. The first-order valence-electron chi connectivity index (χ1n) is 7.20. The number of nitrogens with two attached hydrogens (primary N) is 1. The number of hydrogen-bond donors (Lipinski definition) is 1. The van der Waals surface area contributed by atoms with Gasteiger partial charge in [0, 0.05) is 5.56 Å². The number of hydrogen-bond acceptors (Lipinski definition) is 3. The number of rotatable bonds is 5. The minimum Gasteiger partial charge on any atom is -0.496 e. The third-order valence-electron chi connectivity index (χ3n) is 4.01. The fourth-order valence-electron chi connectivity index (χ4n) is 2.70. The van der Waals surface area contributed by atoms with Crippen molar-refractivity contribution in [3.8, 4) is 5.75 Å². The fourth-order valence-corrected chi connectivity index (χ4v) is 2.70. The summed E-state index contributed by atoms with van der Waals surface area (Å²) < 4.78 is 11.3. The predicted octanol–water partition coefficient (Wildman–Crippen LogP) is 3.29. The molecule has 0 aliphatic heterocycles. The first-order valence-corrected chi connectivity index (χ1v) is 7.20. The number of benzene rings is 1. The molecule has 1 aliphatic rings. The van der Waals surface area contributed by atoms with Gasteiger partial charge in [-0.1, -0.05) is 25.1 Å². The maximum absolute atomic E-state index is 6.21. The summed E-state index contributed by atoms with van der Waals surface area (Å²) in [5.41, 5.74) is 7.23. The van der Waals surface area contributed by atoms with Crippen LogP contribution in [0.15, 0.2) is 24.3 Å². The standard InChI is InChI=1S/C16H25NO2/c1-12-7-9-13(10-8-12)19-11-15(17)14-5-3-4-6-16(14)18-2/h3-6,12-13,15H,7-11,17H2,1-2H3. The molecule has 2 N–H and O–H groups in total. The summed E-state index contributed by atoms with van der Waals surface area (Å²) >= 11 is 0. The molecular formula is C16H25NO2. The van der Waals surface area contributed by atoms with Crippen molar-refractivity contribution >= 4 is 0 Å². The van der Waals surface area contributed by atoms with Gasteiger partial charge < -0.3 is 15.2 Å². The summed E-state index contributed by atoms with van der Waals surface area (Å²) in [5, 5.41) is 0. The van der Waals surface area contributed by atoms with Crippen LogP contribution in [0.4, 0.5) is 0 Å². The highest BCUT2D eigenvalue weighted by Gasteiger charge is 2.20. The van der Waals surface area contributed by atoms with Gasteiger partial charge in [0.25, 0.3) is 0 Å². The zero-order chi connectivity index (χ0) is 13.7. The van der Waals surface area contributed by atoms with Crippen molar-refractivity contribution in [2.45, 2.75) is 44.8 Å². The van der Waals surface area contributed by atoms with Crippen LogP contribution in [0.25, 0.3) is 0 Å². The molecule has 1 aromatic carbocycles. The van der Waals surface area contributed by atoms with Crippen LogP contribution in [0.2, 0.25) is 0 Å². The van der Waals surface area contributed by atoms with Crippen molar-refractivity contribution in [3.05, 3.63) is 29.8 Å². The van der Waals surface area contributed by atoms with E-state index in [4.69, 9.17) is 15.2 Å². The smallest absolute Gasteiger partial charge is 0.123 e. The fraction of sp³-hybridized carbons (Fsp3) is 0.625. The lowest BCUT2D eigenvalue weighted by molar-refractivity contribution is 0.0123. The number of ether oxygens (including phenoxy) is 2. The van der Waals surface area contributed by atoms with E-state index in [9.17, 15) is 0 Å². The molecule has 0 heterocycles. The van der Waals surface area contributed by atoms with Crippen molar-refractivity contribution in [3.63, 3.8) is 0 Å². The van der Waals surface area contributed by atoms with Gasteiger partial charge in [-0.05, 0) is 37.7 Å². The van der Waals surface area contributed by atoms with Crippen molar-refractivity contribution in [1.29, 1.82) is 0 Å².